The monoisotopic (exact) mass is 140 g/mol. The number of hydrogen-bond acceptors (Lipinski definition) is 1. The Balaban J connectivity index is 3.37. The SMILES string of the molecule is CCC(=O)CCC=C(C)C. The van der Waals surface area contributed by atoms with Gasteiger partial charge in [0.05, 0.1) is 0 Å². The maximum absolute atomic E-state index is 10.8. The third-order valence-corrected chi connectivity index (χ3v) is 1.37. The van der Waals surface area contributed by atoms with Gasteiger partial charge in [0.15, 0.2) is 0 Å². The van der Waals surface area contributed by atoms with Crippen LogP contribution in [0.2, 0.25) is 0 Å². The molecule has 0 aromatic heterocycles. The summed E-state index contributed by atoms with van der Waals surface area (Å²) in [6, 6.07) is 0. The second-order valence-electron chi connectivity index (χ2n) is 2.71. The largest absolute Gasteiger partial charge is 0.300 e. The van der Waals surface area contributed by atoms with E-state index in [0.717, 1.165) is 6.42 Å². The average molecular weight is 140 g/mol. The lowest BCUT2D eigenvalue weighted by molar-refractivity contribution is -0.118. The Labute approximate surface area is 63.1 Å². The Morgan fingerprint density at radius 3 is 2.40 bits per heavy atom. The van der Waals surface area contributed by atoms with Crippen molar-refractivity contribution in [2.24, 2.45) is 0 Å². The summed E-state index contributed by atoms with van der Waals surface area (Å²) >= 11 is 0. The topological polar surface area (TPSA) is 17.1 Å². The van der Waals surface area contributed by atoms with Crippen LogP contribution in [0.15, 0.2) is 11.6 Å². The van der Waals surface area contributed by atoms with E-state index in [4.69, 9.17) is 0 Å². The van der Waals surface area contributed by atoms with Crippen molar-refractivity contribution in [1.82, 2.24) is 0 Å². The van der Waals surface area contributed by atoms with Gasteiger partial charge in [0.2, 0.25) is 0 Å². The first-order chi connectivity index (χ1) is 4.66. The van der Waals surface area contributed by atoms with Crippen LogP contribution in [0.25, 0.3) is 0 Å². The van der Waals surface area contributed by atoms with Crippen LogP contribution >= 0.6 is 0 Å². The summed E-state index contributed by atoms with van der Waals surface area (Å²) in [5, 5.41) is 0. The molecule has 0 heterocycles. The number of allylic oxidation sites excluding steroid dienone is 2. The fourth-order valence-electron chi connectivity index (χ4n) is 0.699. The molecule has 0 amide bonds. The molecule has 10 heavy (non-hydrogen) atoms. The molecule has 0 aliphatic rings. The summed E-state index contributed by atoms with van der Waals surface area (Å²) in [7, 11) is 0. The molecule has 0 fully saturated rings. The van der Waals surface area contributed by atoms with Crippen molar-refractivity contribution in [2.45, 2.75) is 40.0 Å². The van der Waals surface area contributed by atoms with Crippen molar-refractivity contribution in [2.75, 3.05) is 0 Å². The molecule has 0 aromatic carbocycles. The summed E-state index contributed by atoms with van der Waals surface area (Å²) in [6.07, 6.45) is 4.40. The zero-order valence-corrected chi connectivity index (χ0v) is 7.11. The van der Waals surface area contributed by atoms with Gasteiger partial charge in [-0.2, -0.15) is 0 Å². The van der Waals surface area contributed by atoms with Crippen molar-refractivity contribution in [3.05, 3.63) is 11.6 Å². The molecule has 58 valence electrons. The van der Waals surface area contributed by atoms with Crippen LogP contribution in [0.1, 0.15) is 40.0 Å². The zero-order valence-electron chi connectivity index (χ0n) is 7.11. The minimum Gasteiger partial charge on any atom is -0.300 e. The van der Waals surface area contributed by atoms with E-state index < -0.39 is 0 Å². The molecule has 0 N–H and O–H groups in total. The number of Topliss-reactive ketones (excluding diaryl/α,β-unsaturated/α-hetero) is 1. The summed E-state index contributed by atoms with van der Waals surface area (Å²) in [5.74, 6) is 0.359. The van der Waals surface area contributed by atoms with Crippen LogP contribution in [-0.2, 0) is 4.79 Å². The van der Waals surface area contributed by atoms with E-state index in [1.807, 2.05) is 6.92 Å². The van der Waals surface area contributed by atoms with E-state index in [0.29, 0.717) is 18.6 Å². The predicted molar refractivity (Wildman–Crippen MR) is 44.0 cm³/mol. The first kappa shape index (κ1) is 9.41. The lowest BCUT2D eigenvalue weighted by Crippen LogP contribution is -1.92. The normalized spacial score (nSPS) is 9.10. The van der Waals surface area contributed by atoms with E-state index >= 15 is 0 Å². The molecule has 0 saturated heterocycles. The van der Waals surface area contributed by atoms with E-state index in [-0.39, 0.29) is 0 Å². The van der Waals surface area contributed by atoms with E-state index in [1.165, 1.54) is 5.57 Å². The molecular formula is C9H16O. The molecule has 1 heteroatoms. The molecule has 0 bridgehead atoms. The molecule has 0 rings (SSSR count). The number of carbonyl (C=O) groups is 1. The molecule has 0 spiro atoms. The summed E-state index contributed by atoms with van der Waals surface area (Å²) in [5.41, 5.74) is 1.30. The van der Waals surface area contributed by atoms with Crippen molar-refractivity contribution in [3.63, 3.8) is 0 Å². The molecule has 0 aliphatic heterocycles. The average Bonchev–Trinajstić information content (AvgIpc) is 1.87. The second-order valence-corrected chi connectivity index (χ2v) is 2.71. The predicted octanol–water partition coefficient (Wildman–Crippen LogP) is 2.71. The third-order valence-electron chi connectivity index (χ3n) is 1.37. The van der Waals surface area contributed by atoms with E-state index in [2.05, 4.69) is 19.9 Å². The fraction of sp³-hybridized carbons (Fsp3) is 0.667. The quantitative estimate of drug-likeness (QED) is 0.549. The Hall–Kier alpha value is -0.590. The molecule has 0 aliphatic carbocycles. The van der Waals surface area contributed by atoms with Gasteiger partial charge in [0.1, 0.15) is 5.78 Å². The van der Waals surface area contributed by atoms with Crippen LogP contribution in [0.3, 0.4) is 0 Å². The fourth-order valence-corrected chi connectivity index (χ4v) is 0.699. The Kier molecular flexibility index (Phi) is 4.91. The summed E-state index contributed by atoms with van der Waals surface area (Å²) in [6.45, 7) is 6.01. The first-order valence-corrected chi connectivity index (χ1v) is 3.82. The van der Waals surface area contributed by atoms with Gasteiger partial charge < -0.3 is 0 Å². The Morgan fingerprint density at radius 2 is 2.00 bits per heavy atom. The number of rotatable bonds is 4. The van der Waals surface area contributed by atoms with Crippen LogP contribution in [0.4, 0.5) is 0 Å². The van der Waals surface area contributed by atoms with Gasteiger partial charge in [-0.1, -0.05) is 18.6 Å². The lowest BCUT2D eigenvalue weighted by atomic mass is 10.1. The molecule has 0 saturated carbocycles. The van der Waals surface area contributed by atoms with Crippen molar-refractivity contribution < 1.29 is 4.79 Å². The highest BCUT2D eigenvalue weighted by atomic mass is 16.1. The van der Waals surface area contributed by atoms with Gasteiger partial charge >= 0.3 is 0 Å². The lowest BCUT2D eigenvalue weighted by Gasteiger charge is -1.92. The molecular weight excluding hydrogens is 124 g/mol. The highest BCUT2D eigenvalue weighted by molar-refractivity contribution is 5.78. The van der Waals surface area contributed by atoms with E-state index in [9.17, 15) is 4.79 Å². The third kappa shape index (κ3) is 5.54. The van der Waals surface area contributed by atoms with Gasteiger partial charge in [0, 0.05) is 12.8 Å². The number of hydrogen-bond donors (Lipinski definition) is 0. The van der Waals surface area contributed by atoms with Gasteiger partial charge in [-0.25, -0.2) is 0 Å². The van der Waals surface area contributed by atoms with Gasteiger partial charge in [-0.05, 0) is 20.3 Å². The van der Waals surface area contributed by atoms with Gasteiger partial charge in [-0.3, -0.25) is 4.79 Å². The highest BCUT2D eigenvalue weighted by Crippen LogP contribution is 1.99. The first-order valence-electron chi connectivity index (χ1n) is 3.82. The zero-order chi connectivity index (χ0) is 7.98. The van der Waals surface area contributed by atoms with Crippen molar-refractivity contribution >= 4 is 5.78 Å². The smallest absolute Gasteiger partial charge is 0.132 e. The van der Waals surface area contributed by atoms with Crippen molar-refractivity contribution in [3.8, 4) is 0 Å². The standard InChI is InChI=1S/C9H16O/c1-4-9(10)7-5-6-8(2)3/h6H,4-5,7H2,1-3H3. The second kappa shape index (κ2) is 5.21. The van der Waals surface area contributed by atoms with E-state index in [1.54, 1.807) is 0 Å². The minimum atomic E-state index is 0.359. The molecule has 0 atom stereocenters. The van der Waals surface area contributed by atoms with Crippen LogP contribution in [-0.4, -0.2) is 5.78 Å². The Morgan fingerprint density at radius 1 is 1.40 bits per heavy atom. The Bertz CT molecular complexity index is 130. The number of carbonyl (C=O) groups excluding carboxylic acids is 1. The molecule has 0 unspecified atom stereocenters. The summed E-state index contributed by atoms with van der Waals surface area (Å²) < 4.78 is 0. The van der Waals surface area contributed by atoms with Crippen LogP contribution in [0, 0.1) is 0 Å². The van der Waals surface area contributed by atoms with Crippen LogP contribution in [0.5, 0.6) is 0 Å². The molecule has 1 nitrogen and oxygen atoms in total. The molecule has 0 radical (unpaired) electrons. The van der Waals surface area contributed by atoms with Crippen molar-refractivity contribution in [1.29, 1.82) is 0 Å². The van der Waals surface area contributed by atoms with Gasteiger partial charge in [0.25, 0.3) is 0 Å². The van der Waals surface area contributed by atoms with Gasteiger partial charge in [-0.15, -0.1) is 0 Å². The number of ketones is 1. The minimum absolute atomic E-state index is 0.359. The maximum Gasteiger partial charge on any atom is 0.132 e. The molecule has 0 aromatic rings. The maximum atomic E-state index is 10.8. The summed E-state index contributed by atoms with van der Waals surface area (Å²) in [4.78, 5) is 10.8. The highest BCUT2D eigenvalue weighted by Gasteiger charge is 1.93. The van der Waals surface area contributed by atoms with Crippen LogP contribution < -0.4 is 0 Å².